The van der Waals surface area contributed by atoms with Gasteiger partial charge in [-0.25, -0.2) is 0 Å². The van der Waals surface area contributed by atoms with Gasteiger partial charge in [0.15, 0.2) is 0 Å². The van der Waals surface area contributed by atoms with E-state index in [1.807, 2.05) is 37.3 Å². The molecule has 0 unspecified atom stereocenters. The highest BCUT2D eigenvalue weighted by atomic mass is 14.0. The van der Waals surface area contributed by atoms with Gasteiger partial charge in [0.2, 0.25) is 0 Å². The lowest BCUT2D eigenvalue weighted by molar-refractivity contribution is 1.56. The molecule has 0 N–H and O–H groups in total. The van der Waals surface area contributed by atoms with Crippen molar-refractivity contribution in [2.45, 2.75) is 6.92 Å². The second-order valence-electron chi connectivity index (χ2n) is 2.79. The van der Waals surface area contributed by atoms with Crippen LogP contribution in [0.25, 0.3) is 5.57 Å². The van der Waals surface area contributed by atoms with Crippen LogP contribution in [0.2, 0.25) is 0 Å². The van der Waals surface area contributed by atoms with E-state index in [2.05, 4.69) is 25.3 Å². The fraction of sp³-hybridized carbons (Fsp3) is 0.0769. The maximum absolute atomic E-state index is 4.03. The fourth-order valence-electron chi connectivity index (χ4n) is 1.22. The SMILES string of the molecule is C=C/C(=C\C)C(=C)c1ccccc1. The van der Waals surface area contributed by atoms with Gasteiger partial charge in [0, 0.05) is 0 Å². The summed E-state index contributed by atoms with van der Waals surface area (Å²) in [6.07, 6.45) is 3.84. The van der Waals surface area contributed by atoms with E-state index in [0.717, 1.165) is 16.7 Å². The molecule has 0 aliphatic rings. The molecule has 0 nitrogen and oxygen atoms in total. The van der Waals surface area contributed by atoms with Gasteiger partial charge >= 0.3 is 0 Å². The molecule has 0 saturated carbocycles. The molecule has 1 rings (SSSR count). The molecule has 0 bridgehead atoms. The summed E-state index contributed by atoms with van der Waals surface area (Å²) in [7, 11) is 0. The van der Waals surface area contributed by atoms with Crippen molar-refractivity contribution in [2.75, 3.05) is 0 Å². The van der Waals surface area contributed by atoms with E-state index in [1.54, 1.807) is 0 Å². The highest BCUT2D eigenvalue weighted by Gasteiger charge is 1.99. The van der Waals surface area contributed by atoms with E-state index in [1.165, 1.54) is 0 Å². The van der Waals surface area contributed by atoms with Gasteiger partial charge in [0.1, 0.15) is 0 Å². The van der Waals surface area contributed by atoms with E-state index in [4.69, 9.17) is 0 Å². The van der Waals surface area contributed by atoms with Crippen LogP contribution in [0.4, 0.5) is 0 Å². The largest absolute Gasteiger partial charge is 0.0985 e. The molecule has 0 aliphatic carbocycles. The van der Waals surface area contributed by atoms with Gasteiger partial charge in [0.25, 0.3) is 0 Å². The van der Waals surface area contributed by atoms with Gasteiger partial charge in [-0.05, 0) is 23.6 Å². The molecule has 66 valence electrons. The minimum atomic E-state index is 1.03. The maximum Gasteiger partial charge on any atom is -0.0184 e. The van der Waals surface area contributed by atoms with E-state index in [9.17, 15) is 0 Å². The van der Waals surface area contributed by atoms with Crippen molar-refractivity contribution < 1.29 is 0 Å². The second kappa shape index (κ2) is 4.46. The van der Waals surface area contributed by atoms with Crippen LogP contribution in [0.3, 0.4) is 0 Å². The Kier molecular flexibility index (Phi) is 3.27. The van der Waals surface area contributed by atoms with Crippen LogP contribution in [0.5, 0.6) is 0 Å². The molecule has 0 amide bonds. The molecular weight excluding hydrogens is 156 g/mol. The first-order chi connectivity index (χ1) is 6.29. The number of hydrogen-bond donors (Lipinski definition) is 0. The monoisotopic (exact) mass is 170 g/mol. The van der Waals surface area contributed by atoms with Gasteiger partial charge in [-0.3, -0.25) is 0 Å². The molecule has 0 saturated heterocycles. The molecule has 0 radical (unpaired) electrons. The van der Waals surface area contributed by atoms with Gasteiger partial charge in [-0.15, -0.1) is 0 Å². The summed E-state index contributed by atoms with van der Waals surface area (Å²) in [6, 6.07) is 10.1. The lowest BCUT2D eigenvalue weighted by Crippen LogP contribution is -1.84. The van der Waals surface area contributed by atoms with Gasteiger partial charge < -0.3 is 0 Å². The average molecular weight is 170 g/mol. The molecule has 0 aliphatic heterocycles. The highest BCUT2D eigenvalue weighted by molar-refractivity contribution is 5.79. The molecular formula is C13H14. The van der Waals surface area contributed by atoms with Crippen molar-refractivity contribution in [3.05, 3.63) is 66.8 Å². The Hall–Kier alpha value is -1.56. The average Bonchev–Trinajstić information content (AvgIpc) is 2.21. The molecule has 0 aromatic heterocycles. The third-order valence-corrected chi connectivity index (χ3v) is 2.00. The summed E-state index contributed by atoms with van der Waals surface area (Å²) < 4.78 is 0. The predicted molar refractivity (Wildman–Crippen MR) is 59.4 cm³/mol. The van der Waals surface area contributed by atoms with Crippen molar-refractivity contribution in [1.29, 1.82) is 0 Å². The fourth-order valence-corrected chi connectivity index (χ4v) is 1.22. The van der Waals surface area contributed by atoms with Crippen LogP contribution in [0.15, 0.2) is 61.2 Å². The third-order valence-electron chi connectivity index (χ3n) is 2.00. The number of rotatable bonds is 3. The Bertz CT molecular complexity index is 328. The Balaban J connectivity index is 2.98. The second-order valence-corrected chi connectivity index (χ2v) is 2.79. The topological polar surface area (TPSA) is 0 Å². The van der Waals surface area contributed by atoms with E-state index < -0.39 is 0 Å². The Morgan fingerprint density at radius 2 is 1.85 bits per heavy atom. The smallest absolute Gasteiger partial charge is 0.0184 e. The molecule has 0 atom stereocenters. The molecule has 1 aromatic rings. The molecule has 0 heterocycles. The van der Waals surface area contributed by atoms with Gasteiger partial charge in [-0.1, -0.05) is 55.6 Å². The van der Waals surface area contributed by atoms with Gasteiger partial charge in [-0.2, -0.15) is 0 Å². The van der Waals surface area contributed by atoms with Crippen molar-refractivity contribution in [3.63, 3.8) is 0 Å². The summed E-state index contributed by atoms with van der Waals surface area (Å²) in [5.41, 5.74) is 3.26. The van der Waals surface area contributed by atoms with E-state index >= 15 is 0 Å². The molecule has 1 aromatic carbocycles. The summed E-state index contributed by atoms with van der Waals surface area (Å²) in [5, 5.41) is 0. The molecule has 13 heavy (non-hydrogen) atoms. The summed E-state index contributed by atoms with van der Waals surface area (Å²) in [6.45, 7) is 9.77. The van der Waals surface area contributed by atoms with Crippen LogP contribution in [-0.4, -0.2) is 0 Å². The Morgan fingerprint density at radius 1 is 1.23 bits per heavy atom. The predicted octanol–water partition coefficient (Wildman–Crippen LogP) is 3.83. The van der Waals surface area contributed by atoms with E-state index in [0.29, 0.717) is 0 Å². The summed E-state index contributed by atoms with van der Waals surface area (Å²) in [4.78, 5) is 0. The standard InChI is InChI=1S/C13H14/c1-4-12(5-2)11(3)13-9-7-6-8-10-13/h4-10H,1,3H2,2H3/b12-5+. The van der Waals surface area contributed by atoms with E-state index in [-0.39, 0.29) is 0 Å². The maximum atomic E-state index is 4.03. The van der Waals surface area contributed by atoms with Crippen LogP contribution in [0, 0.1) is 0 Å². The Morgan fingerprint density at radius 3 is 2.31 bits per heavy atom. The van der Waals surface area contributed by atoms with Crippen molar-refractivity contribution in [3.8, 4) is 0 Å². The lowest BCUT2D eigenvalue weighted by atomic mass is 10.00. The van der Waals surface area contributed by atoms with Gasteiger partial charge in [0.05, 0.1) is 0 Å². The number of hydrogen-bond acceptors (Lipinski definition) is 0. The molecule has 0 fully saturated rings. The molecule has 0 heteroatoms. The lowest BCUT2D eigenvalue weighted by Gasteiger charge is -2.05. The third kappa shape index (κ3) is 2.19. The first kappa shape index (κ1) is 9.53. The highest BCUT2D eigenvalue weighted by Crippen LogP contribution is 2.20. The van der Waals surface area contributed by atoms with Crippen molar-refractivity contribution in [1.82, 2.24) is 0 Å². The number of benzene rings is 1. The van der Waals surface area contributed by atoms with Crippen molar-refractivity contribution >= 4 is 5.57 Å². The molecule has 0 spiro atoms. The van der Waals surface area contributed by atoms with Crippen LogP contribution < -0.4 is 0 Å². The number of allylic oxidation sites excluding steroid dienone is 4. The van der Waals surface area contributed by atoms with Crippen LogP contribution >= 0.6 is 0 Å². The minimum Gasteiger partial charge on any atom is -0.0985 e. The first-order valence-electron chi connectivity index (χ1n) is 4.33. The zero-order chi connectivity index (χ0) is 9.68. The Labute approximate surface area is 79.9 Å². The first-order valence-corrected chi connectivity index (χ1v) is 4.33. The summed E-state index contributed by atoms with van der Waals surface area (Å²) >= 11 is 0. The van der Waals surface area contributed by atoms with Crippen LogP contribution in [0.1, 0.15) is 12.5 Å². The minimum absolute atomic E-state index is 1.03. The summed E-state index contributed by atoms with van der Waals surface area (Å²) in [5.74, 6) is 0. The quantitative estimate of drug-likeness (QED) is 0.605. The zero-order valence-electron chi connectivity index (χ0n) is 7.96. The normalized spacial score (nSPS) is 11.0. The zero-order valence-corrected chi connectivity index (χ0v) is 7.96. The van der Waals surface area contributed by atoms with Crippen molar-refractivity contribution in [2.24, 2.45) is 0 Å². The van der Waals surface area contributed by atoms with Crippen LogP contribution in [-0.2, 0) is 0 Å².